The van der Waals surface area contributed by atoms with E-state index in [1.54, 1.807) is 26.0 Å². The molecule has 0 fully saturated rings. The molecule has 22 heavy (non-hydrogen) atoms. The number of amides is 1. The number of sulfonamides is 1. The molecule has 0 saturated heterocycles. The maximum Gasteiger partial charge on any atom is 0.263 e. The third kappa shape index (κ3) is 2.31. The second-order valence-electron chi connectivity index (χ2n) is 5.50. The van der Waals surface area contributed by atoms with E-state index in [1.807, 2.05) is 0 Å². The van der Waals surface area contributed by atoms with Gasteiger partial charge in [0, 0.05) is 11.9 Å². The van der Waals surface area contributed by atoms with Gasteiger partial charge in [0.2, 0.25) is 5.91 Å². The van der Waals surface area contributed by atoms with Crippen LogP contribution in [0.2, 0.25) is 0 Å². The van der Waals surface area contributed by atoms with Gasteiger partial charge in [0.1, 0.15) is 0 Å². The molecule has 0 unspecified atom stereocenters. The molecule has 1 aromatic heterocycles. The molecule has 1 aliphatic heterocycles. The predicted octanol–water partition coefficient (Wildman–Crippen LogP) is 1.51. The highest BCUT2D eigenvalue weighted by Crippen LogP contribution is 2.38. The molecule has 1 amide bonds. The first-order valence-electron chi connectivity index (χ1n) is 6.57. The van der Waals surface area contributed by atoms with Gasteiger partial charge in [-0.15, -0.1) is 5.10 Å². The number of benzene rings is 1. The van der Waals surface area contributed by atoms with E-state index in [-0.39, 0.29) is 16.6 Å². The van der Waals surface area contributed by atoms with E-state index < -0.39 is 15.4 Å². The summed E-state index contributed by atoms with van der Waals surface area (Å²) >= 11 is 0. The molecule has 114 valence electrons. The van der Waals surface area contributed by atoms with Gasteiger partial charge in [-0.05, 0) is 49.7 Å². The van der Waals surface area contributed by atoms with Gasteiger partial charge in [0.25, 0.3) is 10.0 Å². The fraction of sp³-hybridized carbons (Fsp3) is 0.214. The number of hydrogen-bond donors (Lipinski definition) is 2. The lowest BCUT2D eigenvalue weighted by atomic mass is 9.86. The quantitative estimate of drug-likeness (QED) is 0.893. The van der Waals surface area contributed by atoms with Crippen LogP contribution in [-0.4, -0.2) is 24.5 Å². The summed E-state index contributed by atoms with van der Waals surface area (Å²) in [6.45, 7) is 3.50. The van der Waals surface area contributed by atoms with Gasteiger partial charge in [0.05, 0.1) is 10.3 Å². The van der Waals surface area contributed by atoms with Crippen molar-refractivity contribution in [1.29, 1.82) is 0 Å². The number of anilines is 2. The summed E-state index contributed by atoms with van der Waals surface area (Å²) in [6, 6.07) is 7.63. The molecule has 7 nitrogen and oxygen atoms in total. The molecule has 0 radical (unpaired) electrons. The Balaban J connectivity index is 2.00. The van der Waals surface area contributed by atoms with E-state index >= 15 is 0 Å². The maximum absolute atomic E-state index is 12.4. The van der Waals surface area contributed by atoms with Gasteiger partial charge in [0.15, 0.2) is 5.82 Å². The summed E-state index contributed by atoms with van der Waals surface area (Å²) in [5.41, 5.74) is 0.515. The van der Waals surface area contributed by atoms with Crippen LogP contribution >= 0.6 is 0 Å². The van der Waals surface area contributed by atoms with Gasteiger partial charge in [-0.25, -0.2) is 8.42 Å². The van der Waals surface area contributed by atoms with Crippen molar-refractivity contribution >= 4 is 27.4 Å². The van der Waals surface area contributed by atoms with Gasteiger partial charge in [-0.2, -0.15) is 5.10 Å². The third-order valence-corrected chi connectivity index (χ3v) is 4.95. The van der Waals surface area contributed by atoms with Crippen LogP contribution in [0.1, 0.15) is 19.4 Å². The predicted molar refractivity (Wildman–Crippen MR) is 80.9 cm³/mol. The Labute approximate surface area is 127 Å². The van der Waals surface area contributed by atoms with Crippen molar-refractivity contribution in [2.24, 2.45) is 0 Å². The molecule has 0 saturated carbocycles. The number of fused-ring (bicyclic) bond motifs is 1. The molecule has 0 bridgehead atoms. The molecule has 0 spiro atoms. The lowest BCUT2D eigenvalue weighted by molar-refractivity contribution is -0.119. The summed E-state index contributed by atoms with van der Waals surface area (Å²) in [6.07, 6.45) is 1.45. The van der Waals surface area contributed by atoms with Gasteiger partial charge < -0.3 is 5.32 Å². The minimum Gasteiger partial charge on any atom is -0.325 e. The summed E-state index contributed by atoms with van der Waals surface area (Å²) < 4.78 is 27.2. The Hall–Kier alpha value is -2.48. The average Bonchev–Trinajstić information content (AvgIpc) is 2.69. The van der Waals surface area contributed by atoms with E-state index in [0.717, 1.165) is 0 Å². The first kappa shape index (κ1) is 14.5. The second-order valence-corrected chi connectivity index (χ2v) is 7.18. The Morgan fingerprint density at radius 2 is 2.00 bits per heavy atom. The number of carbonyl (C=O) groups excluding carboxylic acids is 1. The fourth-order valence-corrected chi connectivity index (χ4v) is 3.29. The van der Waals surface area contributed by atoms with Crippen LogP contribution in [0.4, 0.5) is 11.5 Å². The van der Waals surface area contributed by atoms with Crippen molar-refractivity contribution in [1.82, 2.24) is 10.2 Å². The standard InChI is InChI=1S/C14H14N4O3S/c1-14(2)10-8-9(5-6-11(10)16-13(14)19)22(20,21)18-12-4-3-7-15-17-12/h3-8H,1-2H3,(H,16,19)(H,17,18). The number of aromatic nitrogens is 2. The Morgan fingerprint density at radius 1 is 1.23 bits per heavy atom. The molecule has 2 aromatic rings. The van der Waals surface area contributed by atoms with E-state index in [2.05, 4.69) is 20.2 Å². The third-order valence-electron chi connectivity index (χ3n) is 3.60. The molecule has 3 rings (SSSR count). The highest BCUT2D eigenvalue weighted by molar-refractivity contribution is 7.92. The zero-order valence-electron chi connectivity index (χ0n) is 12.0. The summed E-state index contributed by atoms with van der Waals surface area (Å²) in [4.78, 5) is 12.0. The summed E-state index contributed by atoms with van der Waals surface area (Å²) in [5, 5.41) is 10.1. The first-order valence-corrected chi connectivity index (χ1v) is 8.05. The van der Waals surface area contributed by atoms with Crippen LogP contribution in [0.15, 0.2) is 41.4 Å². The Bertz CT molecular complexity index is 848. The van der Waals surface area contributed by atoms with Crippen LogP contribution in [-0.2, 0) is 20.2 Å². The lowest BCUT2D eigenvalue weighted by Gasteiger charge is -2.16. The number of carbonyl (C=O) groups is 1. The maximum atomic E-state index is 12.4. The number of nitrogens with zero attached hydrogens (tertiary/aromatic N) is 2. The number of hydrogen-bond acceptors (Lipinski definition) is 5. The van der Waals surface area contributed by atoms with Gasteiger partial charge >= 0.3 is 0 Å². The van der Waals surface area contributed by atoms with Gasteiger partial charge in [-0.3, -0.25) is 9.52 Å². The normalized spacial score (nSPS) is 16.0. The molecule has 0 aliphatic carbocycles. The second kappa shape index (κ2) is 4.77. The number of rotatable bonds is 3. The minimum atomic E-state index is -3.79. The van der Waals surface area contributed by atoms with E-state index in [0.29, 0.717) is 11.3 Å². The van der Waals surface area contributed by atoms with Crippen molar-refractivity contribution in [2.45, 2.75) is 24.2 Å². The highest BCUT2D eigenvalue weighted by atomic mass is 32.2. The van der Waals surface area contributed by atoms with Crippen molar-refractivity contribution in [2.75, 3.05) is 10.0 Å². The molecule has 0 atom stereocenters. The zero-order valence-corrected chi connectivity index (χ0v) is 12.8. The largest absolute Gasteiger partial charge is 0.325 e. The molecular formula is C14H14N4O3S. The SMILES string of the molecule is CC1(C)C(=O)Nc2ccc(S(=O)(=O)Nc3cccnn3)cc21. The van der Waals surface area contributed by atoms with E-state index in [1.165, 1.54) is 24.4 Å². The molecule has 8 heteroatoms. The van der Waals surface area contributed by atoms with Crippen molar-refractivity contribution in [3.05, 3.63) is 42.1 Å². The minimum absolute atomic E-state index is 0.0708. The summed E-state index contributed by atoms with van der Waals surface area (Å²) in [5.74, 6) is -0.0182. The molecule has 1 aromatic carbocycles. The lowest BCUT2D eigenvalue weighted by Crippen LogP contribution is -2.27. The van der Waals surface area contributed by atoms with E-state index in [9.17, 15) is 13.2 Å². The van der Waals surface area contributed by atoms with Crippen LogP contribution in [0, 0.1) is 0 Å². The van der Waals surface area contributed by atoms with Crippen molar-refractivity contribution < 1.29 is 13.2 Å². The molecule has 2 N–H and O–H groups in total. The van der Waals surface area contributed by atoms with Crippen LogP contribution in [0.5, 0.6) is 0 Å². The smallest absolute Gasteiger partial charge is 0.263 e. The Morgan fingerprint density at radius 3 is 2.68 bits per heavy atom. The molecule has 1 aliphatic rings. The molecular weight excluding hydrogens is 304 g/mol. The average molecular weight is 318 g/mol. The van der Waals surface area contributed by atoms with Crippen LogP contribution in [0.25, 0.3) is 0 Å². The van der Waals surface area contributed by atoms with Crippen molar-refractivity contribution in [3.63, 3.8) is 0 Å². The molecule has 2 heterocycles. The summed E-state index contributed by atoms with van der Waals surface area (Å²) in [7, 11) is -3.79. The zero-order chi connectivity index (χ0) is 16.0. The topological polar surface area (TPSA) is 101 Å². The van der Waals surface area contributed by atoms with Crippen LogP contribution in [0.3, 0.4) is 0 Å². The monoisotopic (exact) mass is 318 g/mol. The van der Waals surface area contributed by atoms with Crippen LogP contribution < -0.4 is 10.0 Å². The fourth-order valence-electron chi connectivity index (χ4n) is 2.27. The highest BCUT2D eigenvalue weighted by Gasteiger charge is 2.39. The van der Waals surface area contributed by atoms with Gasteiger partial charge in [-0.1, -0.05) is 0 Å². The Kier molecular flexibility index (Phi) is 3.13. The first-order chi connectivity index (χ1) is 10.3. The van der Waals surface area contributed by atoms with E-state index in [4.69, 9.17) is 0 Å². The number of nitrogens with one attached hydrogen (secondary N) is 2. The van der Waals surface area contributed by atoms with Crippen molar-refractivity contribution in [3.8, 4) is 0 Å².